The quantitative estimate of drug-likeness (QED) is 0.655. The van der Waals surface area contributed by atoms with E-state index in [1.54, 1.807) is 37.4 Å². The lowest BCUT2D eigenvalue weighted by Gasteiger charge is -2.37. The van der Waals surface area contributed by atoms with E-state index in [4.69, 9.17) is 4.98 Å². The zero-order valence-electron chi connectivity index (χ0n) is 17.4. The Morgan fingerprint density at radius 3 is 2.77 bits per heavy atom. The van der Waals surface area contributed by atoms with Crippen molar-refractivity contribution in [2.45, 2.75) is 38.6 Å². The minimum atomic E-state index is -0.352. The average molecular weight is 421 g/mol. The summed E-state index contributed by atoms with van der Waals surface area (Å²) >= 11 is 0. The Morgan fingerprint density at radius 2 is 2.03 bits per heavy atom. The second kappa shape index (κ2) is 8.67. The Labute approximate surface area is 180 Å². The van der Waals surface area contributed by atoms with E-state index in [1.807, 2.05) is 11.8 Å². The van der Waals surface area contributed by atoms with E-state index < -0.39 is 0 Å². The Morgan fingerprint density at radius 1 is 1.19 bits per heavy atom. The summed E-state index contributed by atoms with van der Waals surface area (Å²) in [5.41, 5.74) is 1.78. The Bertz CT molecular complexity index is 1110. The highest BCUT2D eigenvalue weighted by atomic mass is 19.1. The maximum Gasteiger partial charge on any atom is 0.219 e. The summed E-state index contributed by atoms with van der Waals surface area (Å²) in [6, 6.07) is 9.62. The van der Waals surface area contributed by atoms with Gasteiger partial charge >= 0.3 is 0 Å². The highest BCUT2D eigenvalue weighted by molar-refractivity contribution is 5.74. The summed E-state index contributed by atoms with van der Waals surface area (Å²) in [4.78, 5) is 27.4. The molecule has 2 aromatic heterocycles. The number of nitrogens with one attached hydrogen (secondary N) is 1. The van der Waals surface area contributed by atoms with E-state index in [0.717, 1.165) is 12.8 Å². The molecule has 1 aliphatic heterocycles. The topological polar surface area (TPSA) is 91.2 Å². The first kappa shape index (κ1) is 20.7. The molecule has 31 heavy (non-hydrogen) atoms. The first-order valence-corrected chi connectivity index (χ1v) is 10.2. The lowest BCUT2D eigenvalue weighted by Crippen LogP contribution is -2.44. The number of aromatic hydroxyl groups is 1. The predicted molar refractivity (Wildman–Crippen MR) is 115 cm³/mol. The number of amides is 1. The highest BCUT2D eigenvalue weighted by Crippen LogP contribution is 2.31. The van der Waals surface area contributed by atoms with Crippen LogP contribution in [0.2, 0.25) is 0 Å². The molecule has 0 spiro atoms. The first-order chi connectivity index (χ1) is 14.9. The summed E-state index contributed by atoms with van der Waals surface area (Å²) in [6.45, 7) is 4.16. The summed E-state index contributed by atoms with van der Waals surface area (Å²) in [5, 5.41) is 13.0. The van der Waals surface area contributed by atoms with E-state index in [1.165, 1.54) is 18.3 Å². The third-order valence-electron chi connectivity index (χ3n) is 5.51. The van der Waals surface area contributed by atoms with Crippen molar-refractivity contribution in [2.75, 3.05) is 11.9 Å². The molecule has 0 aliphatic carbocycles. The van der Waals surface area contributed by atoms with Crippen molar-refractivity contribution >= 4 is 17.4 Å². The zero-order valence-corrected chi connectivity index (χ0v) is 17.4. The van der Waals surface area contributed by atoms with Crippen molar-refractivity contribution in [2.24, 2.45) is 0 Å². The largest absolute Gasteiger partial charge is 0.506 e. The van der Waals surface area contributed by atoms with E-state index in [0.29, 0.717) is 35.1 Å². The third kappa shape index (κ3) is 4.79. The van der Waals surface area contributed by atoms with Gasteiger partial charge in [0.1, 0.15) is 23.2 Å². The van der Waals surface area contributed by atoms with Gasteiger partial charge in [0.25, 0.3) is 0 Å². The molecule has 8 heteroatoms. The number of likely N-dealkylation sites (tertiary alicyclic amines) is 1. The number of halogens is 1. The SMILES string of the molecule is CC(=O)N1C[C@H](c2nc(Nc3cccc(F)c3)cc(-c3cncc(O)c3)n2)CC[C@@H]1C. The number of carbonyl (C=O) groups is 1. The van der Waals surface area contributed by atoms with Crippen molar-refractivity contribution in [3.05, 3.63) is 60.4 Å². The summed E-state index contributed by atoms with van der Waals surface area (Å²) in [6.07, 6.45) is 4.68. The second-order valence-corrected chi connectivity index (χ2v) is 7.86. The number of piperidine rings is 1. The predicted octanol–water partition coefficient (Wildman–Crippen LogP) is 4.24. The molecule has 1 saturated heterocycles. The van der Waals surface area contributed by atoms with Crippen molar-refractivity contribution in [3.8, 4) is 17.0 Å². The van der Waals surface area contributed by atoms with Crippen molar-refractivity contribution in [1.82, 2.24) is 19.9 Å². The van der Waals surface area contributed by atoms with Gasteiger partial charge < -0.3 is 15.3 Å². The second-order valence-electron chi connectivity index (χ2n) is 7.86. The van der Waals surface area contributed by atoms with Crippen molar-refractivity contribution < 1.29 is 14.3 Å². The van der Waals surface area contributed by atoms with E-state index in [2.05, 4.69) is 15.3 Å². The fourth-order valence-corrected chi connectivity index (χ4v) is 3.90. The van der Waals surface area contributed by atoms with Gasteiger partial charge in [0, 0.05) is 48.9 Å². The number of hydrogen-bond donors (Lipinski definition) is 2. The van der Waals surface area contributed by atoms with Gasteiger partial charge in [0.15, 0.2) is 0 Å². The minimum Gasteiger partial charge on any atom is -0.506 e. The molecule has 3 aromatic rings. The number of aromatic nitrogens is 3. The average Bonchev–Trinajstić information content (AvgIpc) is 2.73. The van der Waals surface area contributed by atoms with Gasteiger partial charge in [-0.3, -0.25) is 9.78 Å². The molecular weight excluding hydrogens is 397 g/mol. The van der Waals surface area contributed by atoms with E-state index >= 15 is 0 Å². The Kier molecular flexibility index (Phi) is 5.79. The monoisotopic (exact) mass is 421 g/mol. The van der Waals surface area contributed by atoms with Crippen LogP contribution in [0.4, 0.5) is 15.9 Å². The van der Waals surface area contributed by atoms with Crippen LogP contribution in [0.5, 0.6) is 5.75 Å². The molecule has 3 heterocycles. The minimum absolute atomic E-state index is 0.0293. The van der Waals surface area contributed by atoms with Crippen LogP contribution in [-0.2, 0) is 4.79 Å². The zero-order chi connectivity index (χ0) is 22.0. The Hall–Kier alpha value is -3.55. The molecule has 0 unspecified atom stereocenters. The summed E-state index contributed by atoms with van der Waals surface area (Å²) < 4.78 is 13.6. The smallest absolute Gasteiger partial charge is 0.219 e. The maximum atomic E-state index is 13.6. The van der Waals surface area contributed by atoms with E-state index in [-0.39, 0.29) is 29.4 Å². The molecule has 4 rings (SSSR count). The molecule has 0 radical (unpaired) electrons. The molecule has 1 aliphatic rings. The molecule has 7 nitrogen and oxygen atoms in total. The van der Waals surface area contributed by atoms with Gasteiger partial charge in [-0.15, -0.1) is 0 Å². The molecule has 1 aromatic carbocycles. The number of nitrogens with zero attached hydrogens (tertiary/aromatic N) is 4. The number of rotatable bonds is 4. The molecular formula is C23H24FN5O2. The van der Waals surface area contributed by atoms with Gasteiger partial charge in [0.2, 0.25) is 5.91 Å². The molecule has 160 valence electrons. The van der Waals surface area contributed by atoms with Gasteiger partial charge in [-0.2, -0.15) is 0 Å². The highest BCUT2D eigenvalue weighted by Gasteiger charge is 2.30. The summed E-state index contributed by atoms with van der Waals surface area (Å²) in [5.74, 6) is 0.781. The Balaban J connectivity index is 1.73. The van der Waals surface area contributed by atoms with Crippen molar-refractivity contribution in [3.63, 3.8) is 0 Å². The fraction of sp³-hybridized carbons (Fsp3) is 0.304. The number of benzene rings is 1. The lowest BCUT2D eigenvalue weighted by molar-refractivity contribution is -0.132. The van der Waals surface area contributed by atoms with Gasteiger partial charge in [0.05, 0.1) is 11.9 Å². The van der Waals surface area contributed by atoms with Crippen LogP contribution in [0.15, 0.2) is 48.8 Å². The van der Waals surface area contributed by atoms with Gasteiger partial charge in [-0.1, -0.05) is 6.07 Å². The number of hydrogen-bond acceptors (Lipinski definition) is 6. The molecule has 2 atom stereocenters. The number of anilines is 2. The van der Waals surface area contributed by atoms with Crippen LogP contribution in [0.3, 0.4) is 0 Å². The summed E-state index contributed by atoms with van der Waals surface area (Å²) in [7, 11) is 0. The van der Waals surface area contributed by atoms with Crippen LogP contribution in [0, 0.1) is 5.82 Å². The lowest BCUT2D eigenvalue weighted by atomic mass is 9.92. The van der Waals surface area contributed by atoms with Crippen LogP contribution < -0.4 is 5.32 Å². The van der Waals surface area contributed by atoms with E-state index in [9.17, 15) is 14.3 Å². The molecule has 0 saturated carbocycles. The first-order valence-electron chi connectivity index (χ1n) is 10.2. The normalized spacial score (nSPS) is 18.6. The van der Waals surface area contributed by atoms with Crippen LogP contribution in [0.25, 0.3) is 11.3 Å². The molecule has 1 fully saturated rings. The molecule has 0 bridgehead atoms. The fourth-order valence-electron chi connectivity index (χ4n) is 3.90. The van der Waals surface area contributed by atoms with Gasteiger partial charge in [-0.25, -0.2) is 14.4 Å². The number of pyridine rings is 1. The number of carbonyl (C=O) groups excluding carboxylic acids is 1. The van der Waals surface area contributed by atoms with Crippen molar-refractivity contribution in [1.29, 1.82) is 0 Å². The standard InChI is InChI=1S/C23H24FN5O2/c1-14-6-7-16(13-29(14)15(2)30)23-27-21(17-8-20(31)12-25-11-17)10-22(28-23)26-19-5-3-4-18(24)9-19/h3-5,8-12,14,16,31H,6-7,13H2,1-2H3,(H,26,27,28)/t14-,16+/m0/s1. The third-order valence-corrected chi connectivity index (χ3v) is 5.51. The molecule has 1 amide bonds. The maximum absolute atomic E-state index is 13.6. The van der Waals surface area contributed by atoms with Gasteiger partial charge in [-0.05, 0) is 44.0 Å². The van der Waals surface area contributed by atoms with Crippen LogP contribution >= 0.6 is 0 Å². The molecule has 2 N–H and O–H groups in total. The van der Waals surface area contributed by atoms with Crippen LogP contribution in [-0.4, -0.2) is 43.5 Å². The van der Waals surface area contributed by atoms with Crippen LogP contribution in [0.1, 0.15) is 38.4 Å².